The van der Waals surface area contributed by atoms with E-state index in [-0.39, 0.29) is 23.9 Å². The number of allylic oxidation sites excluding steroid dienone is 1. The second-order valence-electron chi connectivity index (χ2n) is 6.41. The summed E-state index contributed by atoms with van der Waals surface area (Å²) in [6, 6.07) is 10.7. The van der Waals surface area contributed by atoms with Gasteiger partial charge in [-0.3, -0.25) is 4.79 Å². The minimum absolute atomic E-state index is 0.0860. The Morgan fingerprint density at radius 2 is 2.00 bits per heavy atom. The molecule has 7 nitrogen and oxygen atoms in total. The van der Waals surface area contributed by atoms with E-state index in [1.807, 2.05) is 0 Å². The number of amides is 1. The fraction of sp³-hybridized carbons (Fsp3) is 0.263. The van der Waals surface area contributed by atoms with Crippen molar-refractivity contribution in [3.8, 4) is 0 Å². The molecule has 1 aliphatic rings. The van der Waals surface area contributed by atoms with Crippen molar-refractivity contribution in [1.82, 2.24) is 10.3 Å². The summed E-state index contributed by atoms with van der Waals surface area (Å²) in [4.78, 5) is 17.0. The fourth-order valence-electron chi connectivity index (χ4n) is 2.66. The molecule has 3 rings (SSSR count). The Morgan fingerprint density at radius 1 is 1.28 bits per heavy atom. The number of carbonyl (C=O) groups excluding carboxylic acids is 1. The van der Waals surface area contributed by atoms with Gasteiger partial charge in [0.25, 0.3) is 11.6 Å². The standard InChI is InChI=1S/C19H19F3N4O3/c1-12(11-27)25-16-8-7-14(9-23-16)26-17(28)18(13-5-3-2-4-6-13)24-10-15(29-18)19(20,21)22/h2-10,12,24,27H,11H2,1H3,(H,23,25)(H,26,28)/t12-,18?/m0/s1. The number of aliphatic hydroxyl groups is 1. The lowest BCUT2D eigenvalue weighted by Crippen LogP contribution is -2.49. The molecule has 0 radical (unpaired) electrons. The molecule has 1 aliphatic heterocycles. The Labute approximate surface area is 164 Å². The molecule has 4 N–H and O–H groups in total. The Bertz CT molecular complexity index is 888. The van der Waals surface area contributed by atoms with Gasteiger partial charge < -0.3 is 25.8 Å². The van der Waals surface area contributed by atoms with Crippen LogP contribution in [0.25, 0.3) is 0 Å². The van der Waals surface area contributed by atoms with Crippen molar-refractivity contribution in [1.29, 1.82) is 0 Å². The zero-order valence-corrected chi connectivity index (χ0v) is 15.3. The van der Waals surface area contributed by atoms with Crippen LogP contribution in [0.15, 0.2) is 60.6 Å². The maximum atomic E-state index is 13.1. The minimum atomic E-state index is -4.75. The predicted octanol–water partition coefficient (Wildman–Crippen LogP) is 2.69. The van der Waals surface area contributed by atoms with E-state index in [0.717, 1.165) is 0 Å². The van der Waals surface area contributed by atoms with Crippen LogP contribution in [0.5, 0.6) is 0 Å². The van der Waals surface area contributed by atoms with Gasteiger partial charge in [-0.2, -0.15) is 13.2 Å². The Kier molecular flexibility index (Phi) is 5.64. The van der Waals surface area contributed by atoms with Crippen molar-refractivity contribution in [2.24, 2.45) is 0 Å². The Hall–Kier alpha value is -3.27. The van der Waals surface area contributed by atoms with E-state index in [0.29, 0.717) is 12.0 Å². The average molecular weight is 408 g/mol. The van der Waals surface area contributed by atoms with Crippen molar-refractivity contribution < 1.29 is 27.8 Å². The lowest BCUT2D eigenvalue weighted by Gasteiger charge is -2.29. The minimum Gasteiger partial charge on any atom is -0.448 e. The van der Waals surface area contributed by atoms with Crippen LogP contribution >= 0.6 is 0 Å². The molecule has 2 atom stereocenters. The summed E-state index contributed by atoms with van der Waals surface area (Å²) in [7, 11) is 0. The number of aliphatic hydroxyl groups excluding tert-OH is 1. The van der Waals surface area contributed by atoms with Crippen LogP contribution in [0.3, 0.4) is 0 Å². The summed E-state index contributed by atoms with van der Waals surface area (Å²) in [5.74, 6) is -1.67. The molecule has 1 unspecified atom stereocenters. The van der Waals surface area contributed by atoms with Gasteiger partial charge in [0.2, 0.25) is 5.76 Å². The average Bonchev–Trinajstić information content (AvgIpc) is 3.17. The van der Waals surface area contributed by atoms with Gasteiger partial charge in [0.05, 0.1) is 18.5 Å². The molecule has 154 valence electrons. The van der Waals surface area contributed by atoms with Crippen LogP contribution in [0.2, 0.25) is 0 Å². The maximum Gasteiger partial charge on any atom is 0.450 e. The van der Waals surface area contributed by atoms with Gasteiger partial charge in [0, 0.05) is 17.8 Å². The van der Waals surface area contributed by atoms with Gasteiger partial charge in [0.1, 0.15) is 5.82 Å². The summed E-state index contributed by atoms with van der Waals surface area (Å²) < 4.78 is 44.3. The molecule has 2 aromatic rings. The highest BCUT2D eigenvalue weighted by molar-refractivity contribution is 5.98. The number of benzene rings is 1. The number of aromatic nitrogens is 1. The summed E-state index contributed by atoms with van der Waals surface area (Å²) in [6.07, 6.45) is -2.77. The number of rotatable bonds is 6. The quantitative estimate of drug-likeness (QED) is 0.587. The van der Waals surface area contributed by atoms with Crippen LogP contribution < -0.4 is 16.0 Å². The summed E-state index contributed by atoms with van der Waals surface area (Å²) >= 11 is 0. The van der Waals surface area contributed by atoms with Gasteiger partial charge in [-0.1, -0.05) is 30.3 Å². The Balaban J connectivity index is 1.82. The molecule has 10 heteroatoms. The number of alkyl halides is 3. The first-order chi connectivity index (χ1) is 13.7. The van der Waals surface area contributed by atoms with E-state index in [4.69, 9.17) is 9.84 Å². The molecule has 0 fully saturated rings. The smallest absolute Gasteiger partial charge is 0.448 e. The van der Waals surface area contributed by atoms with Crippen LogP contribution in [0, 0.1) is 0 Å². The topological polar surface area (TPSA) is 95.5 Å². The Morgan fingerprint density at radius 3 is 2.55 bits per heavy atom. The lowest BCUT2D eigenvalue weighted by molar-refractivity contribution is -0.162. The number of carbonyl (C=O) groups is 1. The van der Waals surface area contributed by atoms with Crippen LogP contribution in [0.4, 0.5) is 24.7 Å². The highest BCUT2D eigenvalue weighted by Crippen LogP contribution is 2.38. The van der Waals surface area contributed by atoms with Gasteiger partial charge in [-0.05, 0) is 19.1 Å². The molecule has 1 amide bonds. The number of hydrogen-bond donors (Lipinski definition) is 4. The number of nitrogens with zero attached hydrogens (tertiary/aromatic N) is 1. The van der Waals surface area contributed by atoms with Gasteiger partial charge in [-0.15, -0.1) is 0 Å². The molecule has 1 aromatic heterocycles. The largest absolute Gasteiger partial charge is 0.450 e. The van der Waals surface area contributed by atoms with E-state index in [9.17, 15) is 18.0 Å². The highest BCUT2D eigenvalue weighted by atomic mass is 19.4. The first kappa shape index (κ1) is 20.5. The summed E-state index contributed by atoms with van der Waals surface area (Å²) in [5, 5.41) is 16.9. The number of anilines is 2. The van der Waals surface area contributed by atoms with Crippen LogP contribution in [0.1, 0.15) is 12.5 Å². The van der Waals surface area contributed by atoms with Crippen molar-refractivity contribution in [2.75, 3.05) is 17.2 Å². The van der Waals surface area contributed by atoms with Gasteiger partial charge in [0.15, 0.2) is 0 Å². The fourth-order valence-corrected chi connectivity index (χ4v) is 2.66. The van der Waals surface area contributed by atoms with Crippen molar-refractivity contribution in [3.63, 3.8) is 0 Å². The summed E-state index contributed by atoms with van der Waals surface area (Å²) in [5.41, 5.74) is -1.61. The number of halogens is 3. The normalized spacial score (nSPS) is 19.6. The first-order valence-corrected chi connectivity index (χ1v) is 8.69. The maximum absolute atomic E-state index is 13.1. The number of nitrogens with one attached hydrogen (secondary N) is 3. The molecule has 0 saturated heterocycles. The van der Waals surface area contributed by atoms with Crippen molar-refractivity contribution in [3.05, 3.63) is 66.2 Å². The molecule has 2 heterocycles. The first-order valence-electron chi connectivity index (χ1n) is 8.69. The SMILES string of the molecule is C[C@@H](CO)Nc1ccc(NC(=O)C2(c3ccccc3)NC=C(C(F)(F)F)O2)cn1. The summed E-state index contributed by atoms with van der Waals surface area (Å²) in [6.45, 7) is 1.67. The van der Waals surface area contributed by atoms with E-state index in [2.05, 4.69) is 20.9 Å². The number of pyridine rings is 1. The van der Waals surface area contributed by atoms with E-state index in [1.54, 1.807) is 31.2 Å². The molecule has 29 heavy (non-hydrogen) atoms. The van der Waals surface area contributed by atoms with Gasteiger partial charge in [-0.25, -0.2) is 4.98 Å². The van der Waals surface area contributed by atoms with Crippen molar-refractivity contribution >= 4 is 17.4 Å². The molecule has 0 spiro atoms. The van der Waals surface area contributed by atoms with Crippen molar-refractivity contribution in [2.45, 2.75) is 24.9 Å². The second kappa shape index (κ2) is 8.00. The second-order valence-corrected chi connectivity index (χ2v) is 6.41. The predicted molar refractivity (Wildman–Crippen MR) is 99.5 cm³/mol. The molecular formula is C19H19F3N4O3. The molecule has 0 bridgehead atoms. The zero-order valence-electron chi connectivity index (χ0n) is 15.3. The number of hydrogen-bond acceptors (Lipinski definition) is 6. The van der Waals surface area contributed by atoms with E-state index >= 15 is 0 Å². The monoisotopic (exact) mass is 408 g/mol. The lowest BCUT2D eigenvalue weighted by atomic mass is 10.0. The number of ether oxygens (including phenoxy) is 1. The third kappa shape index (κ3) is 4.43. The van der Waals surface area contributed by atoms with Gasteiger partial charge >= 0.3 is 6.18 Å². The van der Waals surface area contributed by atoms with Crippen LogP contribution in [-0.4, -0.2) is 34.8 Å². The third-order valence-corrected chi connectivity index (χ3v) is 4.14. The third-order valence-electron chi connectivity index (χ3n) is 4.14. The molecule has 1 aromatic carbocycles. The van der Waals surface area contributed by atoms with Crippen LogP contribution in [-0.2, 0) is 15.3 Å². The zero-order chi connectivity index (χ0) is 21.1. The highest BCUT2D eigenvalue weighted by Gasteiger charge is 2.52. The van der Waals surface area contributed by atoms with E-state index in [1.165, 1.54) is 24.4 Å². The molecular weight excluding hydrogens is 389 g/mol. The molecule has 0 saturated carbocycles. The molecule has 0 aliphatic carbocycles. The van der Waals surface area contributed by atoms with E-state index < -0.39 is 23.6 Å².